The minimum Gasteiger partial charge on any atom is -0.490 e. The SMILES string of the molecule is CCOc1cc(/C=N\NC(=O)Cc2ccc(C(F)(F)F)cc2[N+](=O)[O-])ccc1OCc1ccccc1F. The van der Waals surface area contributed by atoms with E-state index in [9.17, 15) is 32.5 Å². The highest BCUT2D eigenvalue weighted by molar-refractivity contribution is 5.84. The van der Waals surface area contributed by atoms with Crippen LogP contribution in [-0.2, 0) is 24.0 Å². The van der Waals surface area contributed by atoms with E-state index in [1.165, 1.54) is 12.3 Å². The molecule has 0 aliphatic rings. The van der Waals surface area contributed by atoms with Crippen LogP contribution >= 0.6 is 0 Å². The largest absolute Gasteiger partial charge is 0.490 e. The quantitative estimate of drug-likeness (QED) is 0.167. The molecule has 194 valence electrons. The highest BCUT2D eigenvalue weighted by Gasteiger charge is 2.33. The zero-order chi connectivity index (χ0) is 27.0. The van der Waals surface area contributed by atoms with Crippen LogP contribution in [0.15, 0.2) is 65.8 Å². The molecule has 0 aliphatic carbocycles. The summed E-state index contributed by atoms with van der Waals surface area (Å²) in [5.74, 6) is -0.453. The maximum absolute atomic E-state index is 13.8. The van der Waals surface area contributed by atoms with Gasteiger partial charge in [-0.15, -0.1) is 0 Å². The molecule has 0 saturated heterocycles. The Morgan fingerprint density at radius 3 is 2.49 bits per heavy atom. The average molecular weight is 519 g/mol. The van der Waals surface area contributed by atoms with Crippen LogP contribution in [0.5, 0.6) is 11.5 Å². The van der Waals surface area contributed by atoms with E-state index in [0.717, 1.165) is 6.07 Å². The second-order valence-electron chi connectivity index (χ2n) is 7.59. The van der Waals surface area contributed by atoms with Crippen LogP contribution < -0.4 is 14.9 Å². The number of benzene rings is 3. The molecule has 0 radical (unpaired) electrons. The van der Waals surface area contributed by atoms with Gasteiger partial charge in [-0.2, -0.15) is 18.3 Å². The lowest BCUT2D eigenvalue weighted by Crippen LogP contribution is -2.20. The number of nitro benzene ring substituents is 1. The molecule has 0 spiro atoms. The third-order valence-corrected chi connectivity index (χ3v) is 4.97. The van der Waals surface area contributed by atoms with Gasteiger partial charge in [-0.25, -0.2) is 9.82 Å². The fraction of sp³-hybridized carbons (Fsp3) is 0.200. The van der Waals surface area contributed by atoms with Crippen molar-refractivity contribution in [3.8, 4) is 11.5 Å². The number of amides is 1. The molecule has 0 fully saturated rings. The van der Waals surface area contributed by atoms with Crippen LogP contribution in [0.25, 0.3) is 0 Å². The van der Waals surface area contributed by atoms with E-state index in [1.54, 1.807) is 43.3 Å². The van der Waals surface area contributed by atoms with Crippen molar-refractivity contribution in [3.63, 3.8) is 0 Å². The minimum atomic E-state index is -4.76. The summed E-state index contributed by atoms with van der Waals surface area (Å²) in [6.07, 6.45) is -4.03. The average Bonchev–Trinajstić information content (AvgIpc) is 2.84. The van der Waals surface area contributed by atoms with E-state index in [2.05, 4.69) is 10.5 Å². The molecule has 0 heterocycles. The second kappa shape index (κ2) is 12.0. The van der Waals surface area contributed by atoms with E-state index in [4.69, 9.17) is 9.47 Å². The highest BCUT2D eigenvalue weighted by Crippen LogP contribution is 2.33. The highest BCUT2D eigenvalue weighted by atomic mass is 19.4. The third kappa shape index (κ3) is 7.50. The van der Waals surface area contributed by atoms with E-state index < -0.39 is 40.5 Å². The first-order chi connectivity index (χ1) is 17.6. The Morgan fingerprint density at radius 1 is 1.05 bits per heavy atom. The first-order valence-corrected chi connectivity index (χ1v) is 10.9. The number of alkyl halides is 3. The van der Waals surface area contributed by atoms with Gasteiger partial charge in [0.15, 0.2) is 11.5 Å². The summed E-state index contributed by atoms with van der Waals surface area (Å²) in [6.45, 7) is 2.06. The van der Waals surface area contributed by atoms with Crippen molar-refractivity contribution < 1.29 is 36.8 Å². The number of ether oxygens (including phenoxy) is 2. The van der Waals surface area contributed by atoms with Crippen LogP contribution in [-0.4, -0.2) is 23.7 Å². The standard InChI is InChI=1S/C25H21F4N3O5/c1-2-36-23-11-16(7-10-22(23)37-15-18-5-3-4-6-20(18)26)14-30-31-24(33)12-17-8-9-19(25(27,28)29)13-21(17)32(34)35/h3-11,13-14H,2,12,15H2,1H3,(H,31,33)/b30-14-. The summed E-state index contributed by atoms with van der Waals surface area (Å²) in [5, 5.41) is 15.0. The summed E-state index contributed by atoms with van der Waals surface area (Å²) in [6, 6.07) is 12.9. The monoisotopic (exact) mass is 519 g/mol. The number of hydrazone groups is 1. The molecule has 3 aromatic rings. The number of nitrogens with zero attached hydrogens (tertiary/aromatic N) is 2. The van der Waals surface area contributed by atoms with Crippen molar-refractivity contribution >= 4 is 17.8 Å². The van der Waals surface area contributed by atoms with Gasteiger partial charge in [-0.05, 0) is 42.8 Å². The Morgan fingerprint density at radius 2 is 1.81 bits per heavy atom. The van der Waals surface area contributed by atoms with Crippen molar-refractivity contribution in [2.45, 2.75) is 26.1 Å². The smallest absolute Gasteiger partial charge is 0.416 e. The Kier molecular flexibility index (Phi) is 8.77. The lowest BCUT2D eigenvalue weighted by Gasteiger charge is -2.13. The molecule has 0 aromatic heterocycles. The van der Waals surface area contributed by atoms with E-state index in [-0.39, 0.29) is 12.2 Å². The Hall–Kier alpha value is -4.48. The third-order valence-electron chi connectivity index (χ3n) is 4.97. The van der Waals surface area contributed by atoms with Crippen molar-refractivity contribution in [3.05, 3.63) is 98.8 Å². The molecule has 0 bridgehead atoms. The fourth-order valence-corrected chi connectivity index (χ4v) is 3.21. The normalized spacial score (nSPS) is 11.4. The van der Waals surface area contributed by atoms with Gasteiger partial charge in [0.2, 0.25) is 5.91 Å². The van der Waals surface area contributed by atoms with Gasteiger partial charge in [0.25, 0.3) is 5.69 Å². The molecule has 1 N–H and O–H groups in total. The second-order valence-corrected chi connectivity index (χ2v) is 7.59. The number of halogens is 4. The van der Waals surface area contributed by atoms with E-state index in [0.29, 0.717) is 41.4 Å². The molecule has 37 heavy (non-hydrogen) atoms. The van der Waals surface area contributed by atoms with Gasteiger partial charge >= 0.3 is 6.18 Å². The van der Waals surface area contributed by atoms with Gasteiger partial charge in [-0.3, -0.25) is 14.9 Å². The summed E-state index contributed by atoms with van der Waals surface area (Å²) in [5.41, 5.74) is 0.852. The predicted octanol–water partition coefficient (Wildman–Crippen LogP) is 5.42. The molecule has 0 saturated carbocycles. The molecule has 0 unspecified atom stereocenters. The molecule has 1 amide bonds. The number of carbonyl (C=O) groups is 1. The molecule has 3 aromatic carbocycles. The number of nitro groups is 1. The van der Waals surface area contributed by atoms with Gasteiger partial charge < -0.3 is 9.47 Å². The Bertz CT molecular complexity index is 1310. The molecule has 0 aliphatic heterocycles. The van der Waals surface area contributed by atoms with Crippen LogP contribution in [0, 0.1) is 15.9 Å². The van der Waals surface area contributed by atoms with Crippen LogP contribution in [0.2, 0.25) is 0 Å². The summed E-state index contributed by atoms with van der Waals surface area (Å²) in [4.78, 5) is 22.4. The van der Waals surface area contributed by atoms with Gasteiger partial charge in [0, 0.05) is 17.2 Å². The number of hydrogen-bond donors (Lipinski definition) is 1. The van der Waals surface area contributed by atoms with E-state index >= 15 is 0 Å². The minimum absolute atomic E-state index is 0.0215. The van der Waals surface area contributed by atoms with Crippen LogP contribution in [0.3, 0.4) is 0 Å². The molecule has 0 atom stereocenters. The summed E-state index contributed by atoms with van der Waals surface area (Å²) in [7, 11) is 0. The summed E-state index contributed by atoms with van der Waals surface area (Å²) >= 11 is 0. The van der Waals surface area contributed by atoms with E-state index in [1.807, 2.05) is 0 Å². The maximum Gasteiger partial charge on any atom is 0.416 e. The predicted molar refractivity (Wildman–Crippen MR) is 126 cm³/mol. The van der Waals surface area contributed by atoms with Crippen molar-refractivity contribution in [2.24, 2.45) is 5.10 Å². The van der Waals surface area contributed by atoms with Gasteiger partial charge in [-0.1, -0.05) is 24.3 Å². The number of hydrogen-bond acceptors (Lipinski definition) is 6. The molecule has 3 rings (SSSR count). The fourth-order valence-electron chi connectivity index (χ4n) is 3.21. The first-order valence-electron chi connectivity index (χ1n) is 10.9. The molecule has 12 heteroatoms. The Balaban J connectivity index is 1.66. The zero-order valence-electron chi connectivity index (χ0n) is 19.4. The van der Waals surface area contributed by atoms with Crippen molar-refractivity contribution in [1.82, 2.24) is 5.43 Å². The number of carbonyl (C=O) groups excluding carboxylic acids is 1. The van der Waals surface area contributed by atoms with Gasteiger partial charge in [0.05, 0.1) is 29.7 Å². The number of rotatable bonds is 10. The molecular formula is C25H21F4N3O5. The zero-order valence-corrected chi connectivity index (χ0v) is 19.4. The van der Waals surface area contributed by atoms with Gasteiger partial charge in [0.1, 0.15) is 12.4 Å². The van der Waals surface area contributed by atoms with Crippen molar-refractivity contribution in [2.75, 3.05) is 6.61 Å². The Labute approximate surface area is 208 Å². The molecular weight excluding hydrogens is 498 g/mol. The summed E-state index contributed by atoms with van der Waals surface area (Å²) < 4.78 is 63.6. The maximum atomic E-state index is 13.8. The van der Waals surface area contributed by atoms with Crippen LogP contribution in [0.1, 0.15) is 29.2 Å². The lowest BCUT2D eigenvalue weighted by molar-refractivity contribution is -0.385. The molecule has 8 nitrogen and oxygen atoms in total. The van der Waals surface area contributed by atoms with Crippen molar-refractivity contribution in [1.29, 1.82) is 0 Å². The topological polar surface area (TPSA) is 103 Å². The van der Waals surface area contributed by atoms with Crippen LogP contribution in [0.4, 0.5) is 23.2 Å². The number of nitrogens with one attached hydrogen (secondary N) is 1. The lowest BCUT2D eigenvalue weighted by atomic mass is 10.1. The first kappa shape index (κ1) is 27.1.